The van der Waals surface area contributed by atoms with Gasteiger partial charge < -0.3 is 15.2 Å². The number of hydrogen-bond acceptors (Lipinski definition) is 5. The Bertz CT molecular complexity index is 1400. The molecule has 2 aromatic carbocycles. The first-order valence-corrected chi connectivity index (χ1v) is 12.3. The zero-order valence-electron chi connectivity index (χ0n) is 19.8. The second kappa shape index (κ2) is 10.2. The summed E-state index contributed by atoms with van der Waals surface area (Å²) in [5, 5.41) is 10.2. The second-order valence-electron chi connectivity index (χ2n) is 9.26. The van der Waals surface area contributed by atoms with Crippen LogP contribution in [0.4, 0.5) is 5.82 Å². The fraction of sp³-hybridized carbons (Fsp3) is 0.321. The van der Waals surface area contributed by atoms with Gasteiger partial charge in [0.2, 0.25) is 0 Å². The van der Waals surface area contributed by atoms with E-state index in [4.69, 9.17) is 5.73 Å². The number of nitriles is 1. The average molecular weight is 467 g/mol. The molecule has 1 aliphatic heterocycles. The number of hydrogen-bond donors (Lipinski definition) is 1. The van der Waals surface area contributed by atoms with Crippen LogP contribution in [0, 0.1) is 11.3 Å². The minimum absolute atomic E-state index is 0.0427. The van der Waals surface area contributed by atoms with Crippen LogP contribution in [0.1, 0.15) is 36.0 Å². The quantitative estimate of drug-likeness (QED) is 0.449. The number of piperidine rings is 1. The predicted octanol–water partition coefficient (Wildman–Crippen LogP) is 3.68. The summed E-state index contributed by atoms with van der Waals surface area (Å²) in [6, 6.07) is 22.7. The summed E-state index contributed by atoms with van der Waals surface area (Å²) < 4.78 is 3.67. The Morgan fingerprint density at radius 1 is 1.06 bits per heavy atom. The van der Waals surface area contributed by atoms with Crippen molar-refractivity contribution in [1.82, 2.24) is 14.1 Å². The molecule has 7 nitrogen and oxygen atoms in total. The molecule has 178 valence electrons. The molecule has 0 aliphatic carbocycles. The van der Waals surface area contributed by atoms with Crippen LogP contribution in [-0.2, 0) is 19.5 Å². The third-order valence-corrected chi connectivity index (χ3v) is 6.76. The Kier molecular flexibility index (Phi) is 6.64. The van der Waals surface area contributed by atoms with E-state index >= 15 is 0 Å². The molecule has 0 saturated carbocycles. The predicted molar refractivity (Wildman–Crippen MR) is 138 cm³/mol. The van der Waals surface area contributed by atoms with Crippen LogP contribution in [0.15, 0.2) is 71.8 Å². The lowest BCUT2D eigenvalue weighted by molar-refractivity contribution is 0.498. The Morgan fingerprint density at radius 3 is 2.46 bits per heavy atom. The maximum atomic E-state index is 13.8. The minimum Gasteiger partial charge on any atom is -0.355 e. The van der Waals surface area contributed by atoms with E-state index in [9.17, 15) is 10.1 Å². The van der Waals surface area contributed by atoms with Crippen molar-refractivity contribution in [2.75, 3.05) is 18.0 Å². The molecule has 2 N–H and O–H groups in total. The molecule has 7 heteroatoms. The van der Waals surface area contributed by atoms with Crippen LogP contribution in [0.25, 0.3) is 11.0 Å². The summed E-state index contributed by atoms with van der Waals surface area (Å²) in [5.41, 5.74) is 9.92. The number of rotatable bonds is 7. The molecule has 1 atom stereocenters. The first-order chi connectivity index (χ1) is 17.2. The molecule has 1 fully saturated rings. The van der Waals surface area contributed by atoms with Crippen LogP contribution in [-0.4, -0.2) is 33.2 Å². The smallest absolute Gasteiger partial charge is 0.277 e. The summed E-state index contributed by atoms with van der Waals surface area (Å²) in [5.74, 6) is 0.758. The van der Waals surface area contributed by atoms with Gasteiger partial charge in [-0.3, -0.25) is 9.36 Å². The molecule has 0 bridgehead atoms. The van der Waals surface area contributed by atoms with Crippen LogP contribution in [0.3, 0.4) is 0 Å². The van der Waals surface area contributed by atoms with Gasteiger partial charge in [-0.05, 0) is 36.8 Å². The van der Waals surface area contributed by atoms with Gasteiger partial charge in [0.25, 0.3) is 5.56 Å². The van der Waals surface area contributed by atoms with Gasteiger partial charge >= 0.3 is 0 Å². The highest BCUT2D eigenvalue weighted by molar-refractivity contribution is 5.89. The van der Waals surface area contributed by atoms with E-state index in [1.807, 2.05) is 53.1 Å². The highest BCUT2D eigenvalue weighted by Crippen LogP contribution is 2.32. The molecule has 1 aliphatic rings. The fourth-order valence-corrected chi connectivity index (χ4v) is 5.06. The van der Waals surface area contributed by atoms with Gasteiger partial charge in [0.05, 0.1) is 6.33 Å². The molecule has 4 aromatic rings. The first kappa shape index (κ1) is 22.9. The average Bonchev–Trinajstić information content (AvgIpc) is 3.20. The monoisotopic (exact) mass is 466 g/mol. The van der Waals surface area contributed by atoms with Crippen LogP contribution in [0.5, 0.6) is 0 Å². The highest BCUT2D eigenvalue weighted by atomic mass is 16.1. The van der Waals surface area contributed by atoms with Crippen molar-refractivity contribution in [2.45, 2.75) is 44.8 Å². The number of aryl methyl sites for hydroxylation is 2. The van der Waals surface area contributed by atoms with Gasteiger partial charge in [0.15, 0.2) is 0 Å². The van der Waals surface area contributed by atoms with E-state index in [1.165, 1.54) is 5.56 Å². The van der Waals surface area contributed by atoms with Crippen molar-refractivity contribution in [1.29, 1.82) is 5.26 Å². The largest absolute Gasteiger partial charge is 0.355 e. The summed E-state index contributed by atoms with van der Waals surface area (Å²) in [6.07, 6.45) is 5.22. The van der Waals surface area contributed by atoms with E-state index in [0.29, 0.717) is 36.2 Å². The number of fused-ring (bicyclic) bond motifs is 1. The zero-order valence-corrected chi connectivity index (χ0v) is 19.8. The Morgan fingerprint density at radius 2 is 1.77 bits per heavy atom. The highest BCUT2D eigenvalue weighted by Gasteiger charge is 2.28. The van der Waals surface area contributed by atoms with Crippen LogP contribution in [0.2, 0.25) is 0 Å². The van der Waals surface area contributed by atoms with Crippen LogP contribution < -0.4 is 16.2 Å². The first-order valence-electron chi connectivity index (χ1n) is 12.3. The van der Waals surface area contributed by atoms with Crippen molar-refractivity contribution >= 4 is 16.9 Å². The number of nitrogens with zero attached hydrogens (tertiary/aromatic N) is 5. The van der Waals surface area contributed by atoms with Crippen molar-refractivity contribution in [3.63, 3.8) is 0 Å². The summed E-state index contributed by atoms with van der Waals surface area (Å²) in [6.45, 7) is 2.52. The second-order valence-corrected chi connectivity index (χ2v) is 9.26. The van der Waals surface area contributed by atoms with E-state index < -0.39 is 0 Å². The SMILES string of the molecule is N#Cc1c(N2CCCC(N)C2)n(Cc2ccccc2)c2c(=O)n(CCCc3ccccc3)cnc12. The lowest BCUT2D eigenvalue weighted by Crippen LogP contribution is -2.44. The molecule has 35 heavy (non-hydrogen) atoms. The van der Waals surface area contributed by atoms with Gasteiger partial charge in [0, 0.05) is 32.2 Å². The number of aromatic nitrogens is 3. The molecule has 1 unspecified atom stereocenters. The molecule has 5 rings (SSSR count). The molecule has 3 heterocycles. The third-order valence-electron chi connectivity index (χ3n) is 6.76. The van der Waals surface area contributed by atoms with Crippen molar-refractivity contribution in [3.8, 4) is 6.07 Å². The molecule has 2 aromatic heterocycles. The lowest BCUT2D eigenvalue weighted by Gasteiger charge is -2.33. The molecular formula is C28H30N6O. The summed E-state index contributed by atoms with van der Waals surface area (Å²) >= 11 is 0. The van der Waals surface area contributed by atoms with Crippen molar-refractivity contribution < 1.29 is 0 Å². The van der Waals surface area contributed by atoms with Crippen molar-refractivity contribution in [3.05, 3.63) is 94.0 Å². The van der Waals surface area contributed by atoms with E-state index in [2.05, 4.69) is 28.1 Å². The molecule has 0 radical (unpaired) electrons. The Balaban J connectivity index is 1.58. The summed E-state index contributed by atoms with van der Waals surface area (Å²) in [4.78, 5) is 20.6. The number of nitrogens with two attached hydrogens (primary N) is 1. The minimum atomic E-state index is -0.108. The Labute approximate surface area is 205 Å². The van der Waals surface area contributed by atoms with Gasteiger partial charge in [-0.2, -0.15) is 5.26 Å². The summed E-state index contributed by atoms with van der Waals surface area (Å²) in [7, 11) is 0. The number of anilines is 1. The maximum Gasteiger partial charge on any atom is 0.277 e. The third kappa shape index (κ3) is 4.71. The topological polar surface area (TPSA) is 92.9 Å². The number of benzene rings is 2. The van der Waals surface area contributed by atoms with Gasteiger partial charge in [-0.25, -0.2) is 4.98 Å². The van der Waals surface area contributed by atoms with Crippen LogP contribution >= 0.6 is 0 Å². The van der Waals surface area contributed by atoms with E-state index in [-0.39, 0.29) is 11.6 Å². The molecule has 0 spiro atoms. The van der Waals surface area contributed by atoms with Gasteiger partial charge in [-0.15, -0.1) is 0 Å². The standard InChI is InChI=1S/C28H30N6O/c29-17-24-25-26(28(35)33(20-31-25)16-7-13-21-9-3-1-4-10-21)34(18-22-11-5-2-6-12-22)27(24)32-15-8-14-23(30)19-32/h1-6,9-12,20,23H,7-8,13-16,18-19,30H2. The zero-order chi connectivity index (χ0) is 24.2. The Hall–Kier alpha value is -3.89. The molecular weight excluding hydrogens is 436 g/mol. The molecule has 0 amide bonds. The van der Waals surface area contributed by atoms with Crippen molar-refractivity contribution in [2.24, 2.45) is 5.73 Å². The molecule has 1 saturated heterocycles. The fourth-order valence-electron chi connectivity index (χ4n) is 5.06. The normalized spacial score (nSPS) is 15.9. The van der Waals surface area contributed by atoms with Gasteiger partial charge in [-0.1, -0.05) is 60.7 Å². The lowest BCUT2D eigenvalue weighted by atomic mass is 10.1. The van der Waals surface area contributed by atoms with E-state index in [1.54, 1.807) is 10.9 Å². The van der Waals surface area contributed by atoms with E-state index in [0.717, 1.165) is 43.6 Å². The maximum absolute atomic E-state index is 13.8. The van der Waals surface area contributed by atoms with Gasteiger partial charge in [0.1, 0.15) is 28.5 Å².